The molecule has 90 valence electrons. The van der Waals surface area contributed by atoms with Gasteiger partial charge >= 0.3 is 5.69 Å². The van der Waals surface area contributed by atoms with E-state index in [1.54, 1.807) is 17.0 Å². The van der Waals surface area contributed by atoms with E-state index in [-0.39, 0.29) is 5.69 Å². The van der Waals surface area contributed by atoms with Crippen molar-refractivity contribution in [3.63, 3.8) is 0 Å². The van der Waals surface area contributed by atoms with Gasteiger partial charge in [0.05, 0.1) is 17.2 Å². The van der Waals surface area contributed by atoms with E-state index in [0.717, 1.165) is 30.5 Å². The molecule has 5 heteroatoms. The lowest BCUT2D eigenvalue weighted by molar-refractivity contribution is 0.363. The molecule has 2 N–H and O–H groups in total. The topological polar surface area (TPSA) is 62.7 Å². The highest BCUT2D eigenvalue weighted by atomic mass is 16.1. The summed E-state index contributed by atoms with van der Waals surface area (Å²) in [5, 5.41) is 3.46. The van der Waals surface area contributed by atoms with Gasteiger partial charge in [0.1, 0.15) is 0 Å². The molecule has 3 heterocycles. The van der Waals surface area contributed by atoms with Crippen molar-refractivity contribution in [2.24, 2.45) is 0 Å². The van der Waals surface area contributed by atoms with Crippen molar-refractivity contribution in [3.05, 3.63) is 28.9 Å². The van der Waals surface area contributed by atoms with E-state index in [4.69, 9.17) is 0 Å². The lowest BCUT2D eigenvalue weighted by atomic mass is 10.1. The number of rotatable bonds is 2. The Balaban J connectivity index is 1.93. The molecule has 0 aliphatic carbocycles. The summed E-state index contributed by atoms with van der Waals surface area (Å²) in [5.74, 6) is 0. The number of imidazole rings is 1. The van der Waals surface area contributed by atoms with E-state index in [0.29, 0.717) is 6.04 Å². The number of hydrogen-bond donors (Lipinski definition) is 2. The first-order chi connectivity index (χ1) is 8.34. The van der Waals surface area contributed by atoms with Gasteiger partial charge in [-0.1, -0.05) is 6.42 Å². The van der Waals surface area contributed by atoms with Crippen LogP contribution < -0.4 is 11.0 Å². The lowest BCUT2D eigenvalue weighted by Gasteiger charge is -2.23. The van der Waals surface area contributed by atoms with E-state index < -0.39 is 0 Å². The monoisotopic (exact) mass is 232 g/mol. The summed E-state index contributed by atoms with van der Waals surface area (Å²) >= 11 is 0. The zero-order chi connectivity index (χ0) is 11.7. The van der Waals surface area contributed by atoms with Gasteiger partial charge < -0.3 is 10.3 Å². The molecule has 17 heavy (non-hydrogen) atoms. The second kappa shape index (κ2) is 4.33. The minimum Gasteiger partial charge on any atom is -0.312 e. The molecule has 1 aliphatic rings. The normalized spacial score (nSPS) is 20.8. The number of H-pyrrole nitrogens is 1. The maximum absolute atomic E-state index is 11.9. The SMILES string of the molecule is O=c1[nH]c2ccncc2n1CC1CCCCN1. The number of aromatic amines is 1. The van der Waals surface area contributed by atoms with E-state index in [1.165, 1.54) is 12.8 Å². The second-order valence-electron chi connectivity index (χ2n) is 4.58. The van der Waals surface area contributed by atoms with Gasteiger partial charge in [-0.3, -0.25) is 9.55 Å². The zero-order valence-electron chi connectivity index (χ0n) is 9.65. The molecule has 1 aliphatic heterocycles. The first-order valence-corrected chi connectivity index (χ1v) is 6.10. The molecule has 1 atom stereocenters. The number of hydrogen-bond acceptors (Lipinski definition) is 3. The number of nitrogens with zero attached hydrogens (tertiary/aromatic N) is 2. The van der Waals surface area contributed by atoms with Crippen LogP contribution >= 0.6 is 0 Å². The Morgan fingerprint density at radius 2 is 2.41 bits per heavy atom. The fourth-order valence-corrected chi connectivity index (χ4v) is 2.48. The Kier molecular flexibility index (Phi) is 2.68. The molecule has 0 radical (unpaired) electrons. The molecule has 1 unspecified atom stereocenters. The van der Waals surface area contributed by atoms with E-state index in [2.05, 4.69) is 15.3 Å². The summed E-state index contributed by atoms with van der Waals surface area (Å²) < 4.78 is 1.78. The van der Waals surface area contributed by atoms with E-state index in [9.17, 15) is 4.79 Å². The molecule has 0 bridgehead atoms. The maximum atomic E-state index is 11.9. The summed E-state index contributed by atoms with van der Waals surface area (Å²) in [4.78, 5) is 18.8. The summed E-state index contributed by atoms with van der Waals surface area (Å²) in [6.07, 6.45) is 7.06. The maximum Gasteiger partial charge on any atom is 0.326 e. The summed E-state index contributed by atoms with van der Waals surface area (Å²) in [6, 6.07) is 2.24. The molecule has 0 amide bonds. The number of piperidine rings is 1. The predicted molar refractivity (Wildman–Crippen MR) is 66.0 cm³/mol. The highest BCUT2D eigenvalue weighted by Gasteiger charge is 2.15. The van der Waals surface area contributed by atoms with Gasteiger partial charge in [0, 0.05) is 18.8 Å². The highest BCUT2D eigenvalue weighted by Crippen LogP contribution is 2.12. The third kappa shape index (κ3) is 1.98. The summed E-state index contributed by atoms with van der Waals surface area (Å²) in [5.41, 5.74) is 1.71. The van der Waals surface area contributed by atoms with Crippen LogP contribution in [0.25, 0.3) is 11.0 Å². The van der Waals surface area contributed by atoms with Gasteiger partial charge in [-0.2, -0.15) is 0 Å². The first-order valence-electron chi connectivity index (χ1n) is 6.10. The molecule has 5 nitrogen and oxygen atoms in total. The Hall–Kier alpha value is -1.62. The molecule has 3 rings (SSSR count). The van der Waals surface area contributed by atoms with Gasteiger partial charge in [0.2, 0.25) is 0 Å². The first kappa shape index (κ1) is 10.5. The van der Waals surface area contributed by atoms with Gasteiger partial charge in [0.15, 0.2) is 0 Å². The number of pyridine rings is 1. The van der Waals surface area contributed by atoms with Crippen LogP contribution in [-0.4, -0.2) is 27.1 Å². The van der Waals surface area contributed by atoms with Crippen LogP contribution in [0.2, 0.25) is 0 Å². The van der Waals surface area contributed by atoms with Crippen LogP contribution in [0.4, 0.5) is 0 Å². The van der Waals surface area contributed by atoms with Crippen LogP contribution in [0, 0.1) is 0 Å². The predicted octanol–water partition coefficient (Wildman–Crippen LogP) is 0.867. The van der Waals surface area contributed by atoms with Crippen molar-refractivity contribution < 1.29 is 0 Å². The molecule has 0 spiro atoms. The van der Waals surface area contributed by atoms with Crippen molar-refractivity contribution in [2.45, 2.75) is 31.8 Å². The lowest BCUT2D eigenvalue weighted by Crippen LogP contribution is -2.39. The van der Waals surface area contributed by atoms with E-state index >= 15 is 0 Å². The van der Waals surface area contributed by atoms with Crippen LogP contribution in [0.3, 0.4) is 0 Å². The smallest absolute Gasteiger partial charge is 0.312 e. The minimum absolute atomic E-state index is 0.0413. The van der Waals surface area contributed by atoms with Crippen LogP contribution in [0.5, 0.6) is 0 Å². The molecular weight excluding hydrogens is 216 g/mol. The van der Waals surface area contributed by atoms with Crippen LogP contribution in [0.15, 0.2) is 23.3 Å². The van der Waals surface area contributed by atoms with Gasteiger partial charge in [0.25, 0.3) is 0 Å². The molecule has 0 aromatic carbocycles. The van der Waals surface area contributed by atoms with Gasteiger partial charge in [-0.15, -0.1) is 0 Å². The molecule has 1 saturated heterocycles. The summed E-state index contributed by atoms with van der Waals surface area (Å²) in [7, 11) is 0. The van der Waals surface area contributed by atoms with Crippen LogP contribution in [0.1, 0.15) is 19.3 Å². The molecular formula is C12H16N4O. The van der Waals surface area contributed by atoms with Crippen molar-refractivity contribution in [3.8, 4) is 0 Å². The third-order valence-corrected chi connectivity index (χ3v) is 3.39. The van der Waals surface area contributed by atoms with Crippen molar-refractivity contribution >= 4 is 11.0 Å². The zero-order valence-corrected chi connectivity index (χ0v) is 9.65. The standard InChI is InChI=1S/C12H16N4O/c17-12-15-10-4-6-13-7-11(10)16(12)8-9-3-1-2-5-14-9/h4,6-7,9,14H,1-3,5,8H2,(H,15,17). The quantitative estimate of drug-likeness (QED) is 0.807. The van der Waals surface area contributed by atoms with Crippen LogP contribution in [-0.2, 0) is 6.54 Å². The Labute approximate surface area is 98.9 Å². The fraction of sp³-hybridized carbons (Fsp3) is 0.500. The van der Waals surface area contributed by atoms with Gasteiger partial charge in [-0.05, 0) is 25.5 Å². The largest absolute Gasteiger partial charge is 0.326 e. The molecule has 1 fully saturated rings. The average Bonchev–Trinajstić information content (AvgIpc) is 2.68. The van der Waals surface area contributed by atoms with Crippen molar-refractivity contribution in [1.82, 2.24) is 19.9 Å². The van der Waals surface area contributed by atoms with Crippen molar-refractivity contribution in [1.29, 1.82) is 0 Å². The Bertz CT molecular complexity index is 565. The van der Waals surface area contributed by atoms with E-state index in [1.807, 2.05) is 6.07 Å². The molecule has 0 saturated carbocycles. The van der Waals surface area contributed by atoms with Gasteiger partial charge in [-0.25, -0.2) is 4.79 Å². The number of nitrogens with one attached hydrogen (secondary N) is 2. The Morgan fingerprint density at radius 1 is 1.47 bits per heavy atom. The molecule has 2 aromatic rings. The third-order valence-electron chi connectivity index (χ3n) is 3.39. The summed E-state index contributed by atoms with van der Waals surface area (Å²) in [6.45, 7) is 1.78. The second-order valence-corrected chi connectivity index (χ2v) is 4.58. The Morgan fingerprint density at radius 3 is 3.24 bits per heavy atom. The average molecular weight is 232 g/mol. The number of aromatic nitrogens is 3. The molecule has 2 aromatic heterocycles. The number of fused-ring (bicyclic) bond motifs is 1. The van der Waals surface area contributed by atoms with Crippen molar-refractivity contribution in [2.75, 3.05) is 6.54 Å². The highest BCUT2D eigenvalue weighted by molar-refractivity contribution is 5.73. The fourth-order valence-electron chi connectivity index (χ4n) is 2.48. The minimum atomic E-state index is -0.0413.